The lowest BCUT2D eigenvalue weighted by atomic mass is 9.96. The molecule has 0 saturated carbocycles. The van der Waals surface area contributed by atoms with Crippen LogP contribution in [0.25, 0.3) is 5.65 Å². The minimum absolute atomic E-state index is 0.412. The summed E-state index contributed by atoms with van der Waals surface area (Å²) in [7, 11) is 0. The van der Waals surface area contributed by atoms with E-state index in [2.05, 4.69) is 25.4 Å². The topological polar surface area (TPSA) is 72.4 Å². The highest BCUT2D eigenvalue weighted by atomic mass is 16.5. The third-order valence-electron chi connectivity index (χ3n) is 4.44. The number of rotatable bonds is 3. The van der Waals surface area contributed by atoms with Gasteiger partial charge >= 0.3 is 0 Å². The Labute approximate surface area is 134 Å². The van der Waals surface area contributed by atoms with E-state index >= 15 is 0 Å². The molecule has 4 rings (SSSR count). The molecule has 1 aliphatic rings. The molecule has 0 bridgehead atoms. The maximum absolute atomic E-state index is 5.14. The third kappa shape index (κ3) is 2.84. The molecular formula is C16H20N6O. The molecule has 0 aromatic carbocycles. The molecule has 1 aliphatic heterocycles. The van der Waals surface area contributed by atoms with E-state index in [1.165, 1.54) is 0 Å². The molecule has 0 radical (unpaired) electrons. The molecule has 7 nitrogen and oxygen atoms in total. The summed E-state index contributed by atoms with van der Waals surface area (Å²) >= 11 is 0. The van der Waals surface area contributed by atoms with Crippen molar-refractivity contribution in [3.63, 3.8) is 0 Å². The molecule has 0 unspecified atom stereocenters. The number of hydrogen-bond donors (Lipinski definition) is 0. The molecule has 0 N–H and O–H groups in total. The Morgan fingerprint density at radius 1 is 1.17 bits per heavy atom. The van der Waals surface area contributed by atoms with Crippen molar-refractivity contribution >= 4 is 5.65 Å². The molecular weight excluding hydrogens is 292 g/mol. The Hall–Kier alpha value is -2.28. The lowest BCUT2D eigenvalue weighted by Crippen LogP contribution is -2.33. The second-order valence-electron chi connectivity index (χ2n) is 6.28. The summed E-state index contributed by atoms with van der Waals surface area (Å²) in [6.45, 7) is 6.82. The van der Waals surface area contributed by atoms with Crippen molar-refractivity contribution in [2.75, 3.05) is 13.1 Å². The summed E-state index contributed by atoms with van der Waals surface area (Å²) < 4.78 is 7.04. The van der Waals surface area contributed by atoms with Gasteiger partial charge in [0.15, 0.2) is 11.5 Å². The summed E-state index contributed by atoms with van der Waals surface area (Å²) in [4.78, 5) is 2.41. The predicted octanol–water partition coefficient (Wildman–Crippen LogP) is 2.11. The monoisotopic (exact) mass is 312 g/mol. The van der Waals surface area contributed by atoms with Crippen LogP contribution >= 0.6 is 0 Å². The molecule has 0 atom stereocenters. The molecule has 7 heteroatoms. The van der Waals surface area contributed by atoms with Crippen LogP contribution in [0.2, 0.25) is 0 Å². The Bertz CT molecular complexity index is 815. The van der Waals surface area contributed by atoms with Gasteiger partial charge in [-0.05, 0) is 51.9 Å². The zero-order valence-electron chi connectivity index (χ0n) is 13.4. The molecule has 4 heterocycles. The average Bonchev–Trinajstić information content (AvgIpc) is 3.14. The van der Waals surface area contributed by atoms with Crippen molar-refractivity contribution in [2.45, 2.75) is 39.2 Å². The minimum Gasteiger partial charge on any atom is -0.361 e. The minimum atomic E-state index is 0.412. The van der Waals surface area contributed by atoms with Crippen molar-refractivity contribution in [1.29, 1.82) is 0 Å². The van der Waals surface area contributed by atoms with Gasteiger partial charge in [0.25, 0.3) is 0 Å². The Balaban J connectivity index is 1.45. The summed E-state index contributed by atoms with van der Waals surface area (Å²) in [5.41, 5.74) is 2.81. The van der Waals surface area contributed by atoms with E-state index in [9.17, 15) is 0 Å². The van der Waals surface area contributed by atoms with E-state index in [-0.39, 0.29) is 0 Å². The second-order valence-corrected chi connectivity index (χ2v) is 6.28. The number of likely N-dealkylation sites (tertiary alicyclic amines) is 1. The molecule has 3 aromatic heterocycles. The van der Waals surface area contributed by atoms with Gasteiger partial charge in [0.1, 0.15) is 5.76 Å². The van der Waals surface area contributed by atoms with Gasteiger partial charge in [-0.1, -0.05) is 5.16 Å². The van der Waals surface area contributed by atoms with E-state index in [0.717, 1.165) is 61.1 Å². The van der Waals surface area contributed by atoms with Crippen LogP contribution in [0.5, 0.6) is 0 Å². The molecule has 1 saturated heterocycles. The van der Waals surface area contributed by atoms with Crippen LogP contribution in [0.1, 0.15) is 41.7 Å². The number of nitrogens with zero attached hydrogens (tertiary/aromatic N) is 6. The van der Waals surface area contributed by atoms with Gasteiger partial charge in [0.05, 0.1) is 11.4 Å². The number of aromatic nitrogens is 5. The predicted molar refractivity (Wildman–Crippen MR) is 84.0 cm³/mol. The molecule has 0 spiro atoms. The summed E-state index contributed by atoms with van der Waals surface area (Å²) in [6, 6.07) is 5.95. The smallest absolute Gasteiger partial charge is 0.177 e. The number of aryl methyl sites for hydroxylation is 2. The zero-order chi connectivity index (χ0) is 15.8. The molecule has 3 aromatic rings. The molecule has 23 heavy (non-hydrogen) atoms. The van der Waals surface area contributed by atoms with Gasteiger partial charge in [-0.2, -0.15) is 9.61 Å². The SMILES string of the molecule is Cc1ccc2nnc(C3CCN(Cc4cc(C)on4)CC3)n2n1. The Morgan fingerprint density at radius 2 is 2.00 bits per heavy atom. The van der Waals surface area contributed by atoms with E-state index in [4.69, 9.17) is 4.52 Å². The highest BCUT2D eigenvalue weighted by molar-refractivity contribution is 5.36. The van der Waals surface area contributed by atoms with E-state index < -0.39 is 0 Å². The largest absolute Gasteiger partial charge is 0.361 e. The van der Waals surface area contributed by atoms with Gasteiger partial charge in [-0.15, -0.1) is 10.2 Å². The van der Waals surface area contributed by atoms with E-state index in [1.54, 1.807) is 0 Å². The van der Waals surface area contributed by atoms with Crippen molar-refractivity contribution in [2.24, 2.45) is 0 Å². The lowest BCUT2D eigenvalue weighted by molar-refractivity contribution is 0.196. The maximum Gasteiger partial charge on any atom is 0.177 e. The zero-order valence-corrected chi connectivity index (χ0v) is 13.4. The quantitative estimate of drug-likeness (QED) is 0.737. The van der Waals surface area contributed by atoms with Crippen LogP contribution in [0.4, 0.5) is 0 Å². The van der Waals surface area contributed by atoms with Gasteiger partial charge in [-0.25, -0.2) is 0 Å². The first-order chi connectivity index (χ1) is 11.2. The Morgan fingerprint density at radius 3 is 2.74 bits per heavy atom. The van der Waals surface area contributed by atoms with Crippen molar-refractivity contribution < 1.29 is 4.52 Å². The number of hydrogen-bond acceptors (Lipinski definition) is 6. The van der Waals surface area contributed by atoms with Gasteiger partial charge in [0.2, 0.25) is 0 Å². The highest BCUT2D eigenvalue weighted by Crippen LogP contribution is 2.27. The normalized spacial score (nSPS) is 17.1. The number of fused-ring (bicyclic) bond motifs is 1. The summed E-state index contributed by atoms with van der Waals surface area (Å²) in [6.07, 6.45) is 2.13. The molecule has 0 aliphatic carbocycles. The summed E-state index contributed by atoms with van der Waals surface area (Å²) in [5.74, 6) is 2.27. The number of piperidine rings is 1. The fourth-order valence-corrected chi connectivity index (χ4v) is 3.22. The van der Waals surface area contributed by atoms with Crippen LogP contribution < -0.4 is 0 Å². The van der Waals surface area contributed by atoms with Crippen LogP contribution in [0.15, 0.2) is 22.7 Å². The van der Waals surface area contributed by atoms with Crippen LogP contribution in [0, 0.1) is 13.8 Å². The van der Waals surface area contributed by atoms with E-state index in [1.807, 2.05) is 36.6 Å². The second kappa shape index (κ2) is 5.73. The molecule has 120 valence electrons. The van der Waals surface area contributed by atoms with Crippen LogP contribution in [0.3, 0.4) is 0 Å². The van der Waals surface area contributed by atoms with Gasteiger partial charge < -0.3 is 4.52 Å². The van der Waals surface area contributed by atoms with E-state index in [0.29, 0.717) is 5.92 Å². The van der Waals surface area contributed by atoms with Crippen molar-refractivity contribution in [1.82, 2.24) is 29.9 Å². The fraction of sp³-hybridized carbons (Fsp3) is 0.500. The van der Waals surface area contributed by atoms with Crippen molar-refractivity contribution in [3.05, 3.63) is 41.2 Å². The molecule has 1 fully saturated rings. The maximum atomic E-state index is 5.14. The first-order valence-corrected chi connectivity index (χ1v) is 8.02. The van der Waals surface area contributed by atoms with Crippen LogP contribution in [-0.2, 0) is 6.54 Å². The van der Waals surface area contributed by atoms with Crippen molar-refractivity contribution in [3.8, 4) is 0 Å². The van der Waals surface area contributed by atoms with Crippen LogP contribution in [-0.4, -0.2) is 43.0 Å². The van der Waals surface area contributed by atoms with Gasteiger partial charge in [-0.3, -0.25) is 4.90 Å². The third-order valence-corrected chi connectivity index (χ3v) is 4.44. The fourth-order valence-electron chi connectivity index (χ4n) is 3.22. The summed E-state index contributed by atoms with van der Waals surface area (Å²) in [5, 5.41) is 17.2. The lowest BCUT2D eigenvalue weighted by Gasteiger charge is -2.30. The van der Waals surface area contributed by atoms with Gasteiger partial charge in [0, 0.05) is 18.5 Å². The average molecular weight is 312 g/mol. The standard InChI is InChI=1S/C16H20N6O/c1-11-3-4-15-17-18-16(22(15)19-11)13-5-7-21(8-6-13)10-14-9-12(2)23-20-14/h3-4,9,13H,5-8,10H2,1-2H3. The molecule has 0 amide bonds. The Kier molecular flexibility index (Phi) is 3.57. The highest BCUT2D eigenvalue weighted by Gasteiger charge is 2.25. The first-order valence-electron chi connectivity index (χ1n) is 8.02. The first kappa shape index (κ1) is 14.3.